The number of likely N-dealkylation sites (N-methyl/N-ethyl adjacent to an activating group) is 1. The van der Waals surface area contributed by atoms with E-state index in [1.807, 2.05) is 19.9 Å². The van der Waals surface area contributed by atoms with Crippen LogP contribution >= 0.6 is 11.3 Å². The van der Waals surface area contributed by atoms with Crippen molar-refractivity contribution in [3.05, 3.63) is 21.4 Å². The van der Waals surface area contributed by atoms with Crippen LogP contribution in [0.1, 0.15) is 53.2 Å². The molecule has 2 amide bonds. The van der Waals surface area contributed by atoms with Gasteiger partial charge in [0.25, 0.3) is 5.91 Å². The standard InChI is InChI=1S/C16H24N2O2S/c1-11(2)17-15(19)10-18(3)16(20)14-9-12-7-5-4-6-8-13(12)21-14/h9,11H,4-8,10H2,1-3H3,(H,17,19). The summed E-state index contributed by atoms with van der Waals surface area (Å²) in [6, 6.07) is 2.13. The largest absolute Gasteiger partial charge is 0.352 e. The number of nitrogens with zero attached hydrogens (tertiary/aromatic N) is 1. The second kappa shape index (κ2) is 7.07. The molecule has 1 aromatic heterocycles. The van der Waals surface area contributed by atoms with Gasteiger partial charge in [-0.2, -0.15) is 0 Å². The number of rotatable bonds is 4. The highest BCUT2D eigenvalue weighted by Gasteiger charge is 2.20. The summed E-state index contributed by atoms with van der Waals surface area (Å²) >= 11 is 1.60. The lowest BCUT2D eigenvalue weighted by atomic mass is 10.1. The highest BCUT2D eigenvalue weighted by atomic mass is 32.1. The Morgan fingerprint density at radius 3 is 2.71 bits per heavy atom. The lowest BCUT2D eigenvalue weighted by Gasteiger charge is -2.17. The van der Waals surface area contributed by atoms with Gasteiger partial charge in [-0.3, -0.25) is 9.59 Å². The van der Waals surface area contributed by atoms with Gasteiger partial charge in [0.1, 0.15) is 0 Å². The predicted octanol–water partition coefficient (Wildman–Crippen LogP) is 2.61. The van der Waals surface area contributed by atoms with Crippen molar-refractivity contribution >= 4 is 23.2 Å². The van der Waals surface area contributed by atoms with Gasteiger partial charge in [0.05, 0.1) is 11.4 Å². The van der Waals surface area contributed by atoms with E-state index in [9.17, 15) is 9.59 Å². The quantitative estimate of drug-likeness (QED) is 0.869. The Morgan fingerprint density at radius 2 is 2.00 bits per heavy atom. The van der Waals surface area contributed by atoms with Crippen LogP contribution in [0.3, 0.4) is 0 Å². The maximum atomic E-state index is 12.4. The average molecular weight is 308 g/mol. The molecule has 0 atom stereocenters. The van der Waals surface area contributed by atoms with E-state index in [0.29, 0.717) is 0 Å². The number of carbonyl (C=O) groups is 2. The number of fused-ring (bicyclic) bond motifs is 1. The molecule has 0 saturated carbocycles. The molecule has 5 heteroatoms. The third kappa shape index (κ3) is 4.30. The molecule has 1 heterocycles. The van der Waals surface area contributed by atoms with Crippen LogP contribution in [-0.4, -0.2) is 36.3 Å². The number of carbonyl (C=O) groups excluding carboxylic acids is 2. The van der Waals surface area contributed by atoms with Crippen molar-refractivity contribution in [2.45, 2.75) is 52.0 Å². The smallest absolute Gasteiger partial charge is 0.264 e. The molecular weight excluding hydrogens is 284 g/mol. The van der Waals surface area contributed by atoms with E-state index in [1.165, 1.54) is 34.6 Å². The van der Waals surface area contributed by atoms with E-state index in [1.54, 1.807) is 18.4 Å². The third-order valence-electron chi connectivity index (χ3n) is 3.63. The van der Waals surface area contributed by atoms with Crippen LogP contribution < -0.4 is 5.32 Å². The third-order valence-corrected chi connectivity index (χ3v) is 4.86. The second-order valence-corrected chi connectivity index (χ2v) is 7.14. The van der Waals surface area contributed by atoms with E-state index in [-0.39, 0.29) is 24.4 Å². The monoisotopic (exact) mass is 308 g/mol. The van der Waals surface area contributed by atoms with E-state index in [0.717, 1.165) is 17.7 Å². The van der Waals surface area contributed by atoms with Crippen molar-refractivity contribution in [2.24, 2.45) is 0 Å². The van der Waals surface area contributed by atoms with Crippen LogP contribution in [0.4, 0.5) is 0 Å². The first-order valence-corrected chi connectivity index (χ1v) is 8.45. The molecule has 0 bridgehead atoms. The molecule has 0 fully saturated rings. The summed E-state index contributed by atoms with van der Waals surface area (Å²) in [5.74, 6) is -0.161. The summed E-state index contributed by atoms with van der Waals surface area (Å²) in [5, 5.41) is 2.81. The zero-order valence-corrected chi connectivity index (χ0v) is 13.9. The number of aryl methyl sites for hydroxylation is 2. The molecule has 0 radical (unpaired) electrons. The fraction of sp³-hybridized carbons (Fsp3) is 0.625. The molecule has 4 nitrogen and oxygen atoms in total. The Bertz CT molecular complexity index is 499. The van der Waals surface area contributed by atoms with Crippen LogP contribution in [0.2, 0.25) is 0 Å². The molecule has 0 spiro atoms. The van der Waals surface area contributed by atoms with Crippen molar-refractivity contribution in [3.8, 4) is 0 Å². The lowest BCUT2D eigenvalue weighted by Crippen LogP contribution is -2.40. The molecule has 2 rings (SSSR count). The van der Waals surface area contributed by atoms with E-state index >= 15 is 0 Å². The average Bonchev–Trinajstić information content (AvgIpc) is 2.68. The molecule has 1 aromatic rings. The van der Waals surface area contributed by atoms with Crippen LogP contribution in [0.25, 0.3) is 0 Å². The Hall–Kier alpha value is -1.36. The minimum Gasteiger partial charge on any atom is -0.352 e. The van der Waals surface area contributed by atoms with Crippen molar-refractivity contribution in [1.82, 2.24) is 10.2 Å². The van der Waals surface area contributed by atoms with Gasteiger partial charge in [0.15, 0.2) is 0 Å². The maximum absolute atomic E-state index is 12.4. The number of amides is 2. The van der Waals surface area contributed by atoms with E-state index < -0.39 is 0 Å². The molecule has 116 valence electrons. The van der Waals surface area contributed by atoms with Crippen molar-refractivity contribution < 1.29 is 9.59 Å². The first-order chi connectivity index (χ1) is 9.97. The summed E-state index contributed by atoms with van der Waals surface area (Å²) in [6.45, 7) is 3.94. The minimum atomic E-state index is -0.112. The molecule has 0 aliphatic heterocycles. The van der Waals surface area contributed by atoms with Crippen LogP contribution in [0.5, 0.6) is 0 Å². The zero-order valence-electron chi connectivity index (χ0n) is 13.1. The zero-order chi connectivity index (χ0) is 15.4. The number of hydrogen-bond acceptors (Lipinski definition) is 3. The highest BCUT2D eigenvalue weighted by Crippen LogP contribution is 2.29. The Kier molecular flexibility index (Phi) is 5.39. The number of nitrogens with one attached hydrogen (secondary N) is 1. The van der Waals surface area contributed by atoms with Gasteiger partial charge in [-0.25, -0.2) is 0 Å². The van der Waals surface area contributed by atoms with Gasteiger partial charge in [0.2, 0.25) is 5.91 Å². The van der Waals surface area contributed by atoms with Crippen LogP contribution in [0, 0.1) is 0 Å². The molecule has 0 saturated heterocycles. The fourth-order valence-corrected chi connectivity index (χ4v) is 3.86. The molecule has 1 aliphatic rings. The first-order valence-electron chi connectivity index (χ1n) is 7.63. The number of thiophene rings is 1. The van der Waals surface area contributed by atoms with E-state index in [4.69, 9.17) is 0 Å². The maximum Gasteiger partial charge on any atom is 0.264 e. The van der Waals surface area contributed by atoms with Gasteiger partial charge >= 0.3 is 0 Å². The van der Waals surface area contributed by atoms with Gasteiger partial charge in [-0.15, -0.1) is 11.3 Å². The van der Waals surface area contributed by atoms with Crippen LogP contribution in [-0.2, 0) is 17.6 Å². The van der Waals surface area contributed by atoms with Gasteiger partial charge < -0.3 is 10.2 Å². The Labute approximate surface area is 130 Å². The molecule has 21 heavy (non-hydrogen) atoms. The van der Waals surface area contributed by atoms with Crippen LogP contribution in [0.15, 0.2) is 6.07 Å². The topological polar surface area (TPSA) is 49.4 Å². The van der Waals surface area contributed by atoms with Gasteiger partial charge in [-0.1, -0.05) is 6.42 Å². The molecular formula is C16H24N2O2S. The summed E-state index contributed by atoms with van der Waals surface area (Å²) in [7, 11) is 1.69. The highest BCUT2D eigenvalue weighted by molar-refractivity contribution is 7.14. The number of hydrogen-bond donors (Lipinski definition) is 1. The Balaban J connectivity index is 2.01. The fourth-order valence-electron chi connectivity index (χ4n) is 2.62. The first kappa shape index (κ1) is 16.0. The van der Waals surface area contributed by atoms with Gasteiger partial charge in [0, 0.05) is 18.0 Å². The SMILES string of the molecule is CC(C)NC(=O)CN(C)C(=O)c1cc2c(s1)CCCCC2. The second-order valence-electron chi connectivity index (χ2n) is 6.00. The summed E-state index contributed by atoms with van der Waals surface area (Å²) < 4.78 is 0. The molecule has 0 unspecified atom stereocenters. The molecule has 1 N–H and O–H groups in total. The molecule has 0 aromatic carbocycles. The minimum absolute atomic E-state index is 0.0491. The van der Waals surface area contributed by atoms with E-state index in [2.05, 4.69) is 5.32 Å². The summed E-state index contributed by atoms with van der Waals surface area (Å²) in [4.78, 5) is 27.8. The van der Waals surface area contributed by atoms with Crippen molar-refractivity contribution in [2.75, 3.05) is 13.6 Å². The molecule has 1 aliphatic carbocycles. The van der Waals surface area contributed by atoms with Gasteiger partial charge in [-0.05, 0) is 51.2 Å². The Morgan fingerprint density at radius 1 is 1.29 bits per heavy atom. The summed E-state index contributed by atoms with van der Waals surface area (Å²) in [5.41, 5.74) is 1.33. The summed E-state index contributed by atoms with van der Waals surface area (Å²) in [6.07, 6.45) is 5.87. The normalized spacial score (nSPS) is 14.5. The van der Waals surface area contributed by atoms with Crippen molar-refractivity contribution in [3.63, 3.8) is 0 Å². The lowest BCUT2D eigenvalue weighted by molar-refractivity contribution is -0.122. The predicted molar refractivity (Wildman–Crippen MR) is 85.8 cm³/mol. The van der Waals surface area contributed by atoms with Crippen molar-refractivity contribution in [1.29, 1.82) is 0 Å².